The fourth-order valence-corrected chi connectivity index (χ4v) is 5.34. The van der Waals surface area contributed by atoms with Gasteiger partial charge in [0.1, 0.15) is 17.4 Å². The molecule has 1 N–H and O–H groups in total. The van der Waals surface area contributed by atoms with Gasteiger partial charge in [-0.05, 0) is 47.5 Å². The van der Waals surface area contributed by atoms with Crippen LogP contribution in [0, 0.1) is 5.82 Å². The number of phenolic OH excluding ortho intramolecular Hbond substituents is 1. The summed E-state index contributed by atoms with van der Waals surface area (Å²) >= 11 is 6.52. The summed E-state index contributed by atoms with van der Waals surface area (Å²) in [5, 5.41) is 11.6. The monoisotopic (exact) mass is 535 g/mol. The Morgan fingerprint density at radius 2 is 1.71 bits per heavy atom. The number of hydrogen-bond acceptors (Lipinski definition) is 6. The van der Waals surface area contributed by atoms with Crippen LogP contribution >= 0.6 is 11.6 Å². The molecule has 4 aromatic rings. The molecule has 2 aliphatic rings. The van der Waals surface area contributed by atoms with Crippen LogP contribution in [-0.2, 0) is 11.8 Å². The van der Waals surface area contributed by atoms with Gasteiger partial charge in [-0.15, -0.1) is 0 Å². The quantitative estimate of drug-likeness (QED) is 0.417. The van der Waals surface area contributed by atoms with E-state index in [1.54, 1.807) is 49.9 Å². The second-order valence-electron chi connectivity index (χ2n) is 9.69. The highest BCUT2D eigenvalue weighted by atomic mass is 35.5. The summed E-state index contributed by atoms with van der Waals surface area (Å²) in [6, 6.07) is 11.8. The first-order valence-corrected chi connectivity index (χ1v) is 12.9. The molecule has 2 saturated heterocycles. The van der Waals surface area contributed by atoms with Gasteiger partial charge >= 0.3 is 5.69 Å². The summed E-state index contributed by atoms with van der Waals surface area (Å²) in [6.07, 6.45) is 4.96. The SMILES string of the molecule is Cn1ccn(-c2ccc(-c3cc(F)cc(-c4ccnc(N5CCN(C6COC6)CC5)c4)c3O)cc2Cl)c1=O. The van der Waals surface area contributed by atoms with Crippen molar-refractivity contribution in [1.29, 1.82) is 0 Å². The van der Waals surface area contributed by atoms with Gasteiger partial charge < -0.3 is 19.3 Å². The molecule has 0 radical (unpaired) electrons. The van der Waals surface area contributed by atoms with E-state index in [4.69, 9.17) is 16.3 Å². The first-order valence-electron chi connectivity index (χ1n) is 12.5. The van der Waals surface area contributed by atoms with E-state index in [-0.39, 0.29) is 11.4 Å². The van der Waals surface area contributed by atoms with E-state index >= 15 is 0 Å². The molecule has 0 unspecified atom stereocenters. The third kappa shape index (κ3) is 4.47. The van der Waals surface area contributed by atoms with Gasteiger partial charge in [0, 0.05) is 62.9 Å². The average Bonchev–Trinajstić information content (AvgIpc) is 3.22. The van der Waals surface area contributed by atoms with E-state index in [0.29, 0.717) is 39.0 Å². The van der Waals surface area contributed by atoms with Crippen molar-refractivity contribution in [3.63, 3.8) is 0 Å². The number of nitrogens with zero attached hydrogens (tertiary/aromatic N) is 5. The summed E-state index contributed by atoms with van der Waals surface area (Å²) in [4.78, 5) is 21.5. The van der Waals surface area contributed by atoms with Gasteiger partial charge in [0.25, 0.3) is 0 Å². The van der Waals surface area contributed by atoms with E-state index in [9.17, 15) is 14.3 Å². The molecule has 196 valence electrons. The number of aromatic nitrogens is 3. The highest BCUT2D eigenvalue weighted by Gasteiger charge is 2.29. The van der Waals surface area contributed by atoms with Crippen molar-refractivity contribution in [3.8, 4) is 33.7 Å². The number of aromatic hydroxyl groups is 1. The Morgan fingerprint density at radius 1 is 1.00 bits per heavy atom. The Labute approximate surface area is 224 Å². The molecule has 2 fully saturated rings. The highest BCUT2D eigenvalue weighted by Crippen LogP contribution is 2.41. The molecule has 2 aromatic carbocycles. The first kappa shape index (κ1) is 24.7. The maximum absolute atomic E-state index is 14.9. The predicted molar refractivity (Wildman–Crippen MR) is 145 cm³/mol. The molecular formula is C28H27ClFN5O3. The first-order chi connectivity index (χ1) is 18.4. The lowest BCUT2D eigenvalue weighted by molar-refractivity contribution is -0.0660. The number of phenols is 1. The summed E-state index contributed by atoms with van der Waals surface area (Å²) in [5.74, 6) is 0.249. The van der Waals surface area contributed by atoms with Gasteiger partial charge in [-0.2, -0.15) is 0 Å². The summed E-state index contributed by atoms with van der Waals surface area (Å²) < 4.78 is 23.1. The maximum Gasteiger partial charge on any atom is 0.332 e. The number of halogens is 2. The van der Waals surface area contributed by atoms with Crippen molar-refractivity contribution in [2.24, 2.45) is 7.05 Å². The van der Waals surface area contributed by atoms with Crippen molar-refractivity contribution in [2.45, 2.75) is 6.04 Å². The minimum Gasteiger partial charge on any atom is -0.507 e. The molecule has 2 aromatic heterocycles. The van der Waals surface area contributed by atoms with Crippen molar-refractivity contribution in [2.75, 3.05) is 44.3 Å². The largest absolute Gasteiger partial charge is 0.507 e. The van der Waals surface area contributed by atoms with Gasteiger partial charge in [0.15, 0.2) is 0 Å². The molecular weight excluding hydrogens is 509 g/mol. The zero-order valence-electron chi connectivity index (χ0n) is 20.8. The highest BCUT2D eigenvalue weighted by molar-refractivity contribution is 6.32. The normalized spacial score (nSPS) is 16.6. The van der Waals surface area contributed by atoms with Crippen LogP contribution in [0.25, 0.3) is 27.9 Å². The van der Waals surface area contributed by atoms with Gasteiger partial charge in [-0.1, -0.05) is 17.7 Å². The van der Waals surface area contributed by atoms with Gasteiger partial charge in [-0.3, -0.25) is 9.47 Å². The van der Waals surface area contributed by atoms with Crippen LogP contribution in [-0.4, -0.2) is 69.6 Å². The Hall–Kier alpha value is -3.66. The van der Waals surface area contributed by atoms with Crippen molar-refractivity contribution >= 4 is 17.4 Å². The number of pyridine rings is 1. The molecule has 0 spiro atoms. The standard InChI is InChI=1S/C28H27ClFN5O3/c1-32-6-11-35(28(32)37)25-3-2-18(12-24(25)29)22-14-20(30)15-23(27(22)36)19-4-5-31-26(13-19)34-9-7-33(8-10-34)21-16-38-17-21/h2-6,11-15,21,36H,7-10,16-17H2,1H3. The average molecular weight is 536 g/mol. The number of piperazine rings is 1. The number of aryl methyl sites for hydroxylation is 1. The van der Waals surface area contributed by atoms with E-state index in [0.717, 1.165) is 45.2 Å². The minimum atomic E-state index is -0.484. The second-order valence-corrected chi connectivity index (χ2v) is 10.1. The molecule has 10 heteroatoms. The number of imidazole rings is 1. The van der Waals surface area contributed by atoms with Gasteiger partial charge in [0.2, 0.25) is 0 Å². The number of hydrogen-bond donors (Lipinski definition) is 1. The molecule has 0 aliphatic carbocycles. The molecule has 0 amide bonds. The van der Waals surface area contributed by atoms with E-state index in [1.807, 2.05) is 6.07 Å². The van der Waals surface area contributed by atoms with E-state index in [2.05, 4.69) is 14.8 Å². The number of anilines is 1. The van der Waals surface area contributed by atoms with Crippen LogP contribution in [0.3, 0.4) is 0 Å². The topological polar surface area (TPSA) is 75.8 Å². The van der Waals surface area contributed by atoms with Crippen LogP contribution in [0.5, 0.6) is 5.75 Å². The predicted octanol–water partition coefficient (Wildman–Crippen LogP) is 3.92. The fraction of sp³-hybridized carbons (Fsp3) is 0.286. The van der Waals surface area contributed by atoms with Crippen LogP contribution in [0.15, 0.2) is 65.8 Å². The van der Waals surface area contributed by atoms with Crippen LogP contribution < -0.4 is 10.6 Å². The van der Waals surface area contributed by atoms with Gasteiger partial charge in [-0.25, -0.2) is 14.2 Å². The third-order valence-electron chi connectivity index (χ3n) is 7.37. The van der Waals surface area contributed by atoms with E-state index < -0.39 is 5.82 Å². The minimum absolute atomic E-state index is 0.0564. The fourth-order valence-electron chi connectivity index (χ4n) is 5.07. The molecule has 8 nitrogen and oxygen atoms in total. The summed E-state index contributed by atoms with van der Waals surface area (Å²) in [7, 11) is 1.66. The lowest BCUT2D eigenvalue weighted by Gasteiger charge is -2.42. The number of rotatable bonds is 5. The Morgan fingerprint density at radius 3 is 2.32 bits per heavy atom. The van der Waals surface area contributed by atoms with Crippen LogP contribution in [0.4, 0.5) is 10.2 Å². The Balaban J connectivity index is 1.30. The lowest BCUT2D eigenvalue weighted by atomic mass is 9.97. The molecule has 4 heterocycles. The summed E-state index contributed by atoms with van der Waals surface area (Å²) in [5.41, 5.74) is 2.15. The molecule has 0 saturated carbocycles. The molecule has 2 aliphatic heterocycles. The smallest absolute Gasteiger partial charge is 0.332 e. The number of benzene rings is 2. The maximum atomic E-state index is 14.9. The zero-order chi connectivity index (χ0) is 26.4. The Bertz CT molecular complexity index is 1560. The second kappa shape index (κ2) is 9.90. The lowest BCUT2D eigenvalue weighted by Crippen LogP contribution is -2.56. The summed E-state index contributed by atoms with van der Waals surface area (Å²) in [6.45, 7) is 5.13. The van der Waals surface area contributed by atoms with Crippen LogP contribution in [0.1, 0.15) is 0 Å². The molecule has 0 bridgehead atoms. The van der Waals surface area contributed by atoms with Crippen LogP contribution in [0.2, 0.25) is 5.02 Å². The Kier molecular flexibility index (Phi) is 6.43. The van der Waals surface area contributed by atoms with Crippen molar-refractivity contribution in [1.82, 2.24) is 19.0 Å². The molecule has 38 heavy (non-hydrogen) atoms. The van der Waals surface area contributed by atoms with Crippen molar-refractivity contribution in [3.05, 3.63) is 82.4 Å². The van der Waals surface area contributed by atoms with E-state index in [1.165, 1.54) is 21.3 Å². The van der Waals surface area contributed by atoms with Crippen molar-refractivity contribution < 1.29 is 14.2 Å². The third-order valence-corrected chi connectivity index (χ3v) is 7.67. The molecule has 6 rings (SSSR count). The van der Waals surface area contributed by atoms with Gasteiger partial charge in [0.05, 0.1) is 30.0 Å². The molecule has 0 atom stereocenters. The number of ether oxygens (including phenoxy) is 1. The zero-order valence-corrected chi connectivity index (χ0v) is 21.6.